The summed E-state index contributed by atoms with van der Waals surface area (Å²) in [6.45, 7) is 19.6. The summed E-state index contributed by atoms with van der Waals surface area (Å²) < 4.78 is 0. The molecule has 3 aromatic rings. The van der Waals surface area contributed by atoms with Crippen LogP contribution in [0.4, 0.5) is 0 Å². The zero-order chi connectivity index (χ0) is 25.1. The Bertz CT molecular complexity index is 1190. The molecule has 34 heavy (non-hydrogen) atoms. The first kappa shape index (κ1) is 29.7. The molecule has 0 atom stereocenters. The fourth-order valence-electron chi connectivity index (χ4n) is 3.14. The van der Waals surface area contributed by atoms with Crippen molar-refractivity contribution in [3.05, 3.63) is 76.6 Å². The first-order chi connectivity index (χ1) is 15.1. The van der Waals surface area contributed by atoms with Crippen molar-refractivity contribution in [3.8, 4) is 11.3 Å². The first-order valence-electron chi connectivity index (χ1n) is 11.4. The Balaban J connectivity index is 0.000000364. The quantitative estimate of drug-likeness (QED) is 0.176. The number of aliphatic hydroxyl groups is 1. The number of allylic oxidation sites excluding steroid dienone is 2. The van der Waals surface area contributed by atoms with Gasteiger partial charge in [-0.2, -0.15) is 0 Å². The molecule has 0 aliphatic heterocycles. The van der Waals surface area contributed by atoms with Crippen LogP contribution in [0.15, 0.2) is 48.2 Å². The van der Waals surface area contributed by atoms with Crippen molar-refractivity contribution in [3.63, 3.8) is 0 Å². The number of hydrogen-bond acceptors (Lipinski definition) is 3. The van der Waals surface area contributed by atoms with E-state index in [-0.39, 0.29) is 37.1 Å². The third kappa shape index (κ3) is 7.61. The van der Waals surface area contributed by atoms with Gasteiger partial charge in [-0.15, -0.1) is 34.9 Å². The molecule has 3 rings (SSSR count). The zero-order valence-corrected chi connectivity index (χ0v) is 24.6. The molecule has 0 fully saturated rings. The summed E-state index contributed by atoms with van der Waals surface area (Å²) >= 11 is 0. The van der Waals surface area contributed by atoms with Crippen LogP contribution in [0, 0.1) is 44.6 Å². The molecule has 0 unspecified atom stereocenters. The number of nitrogens with zero attached hydrogens (tertiary/aromatic N) is 1. The fraction of sp³-hybridized carbons (Fsp3) is 0.400. The van der Waals surface area contributed by atoms with Gasteiger partial charge in [0.1, 0.15) is 5.76 Å². The van der Waals surface area contributed by atoms with Crippen LogP contribution >= 0.6 is 0 Å². The van der Waals surface area contributed by atoms with Crippen LogP contribution in [0.1, 0.15) is 63.8 Å². The van der Waals surface area contributed by atoms with Gasteiger partial charge in [0.15, 0.2) is 5.78 Å². The molecule has 0 saturated carbocycles. The zero-order valence-electron chi connectivity index (χ0n) is 22.2. The third-order valence-corrected chi connectivity index (χ3v) is 5.73. The number of aromatic nitrogens is 1. The van der Waals surface area contributed by atoms with Crippen LogP contribution in [-0.4, -0.2) is 15.9 Å². The Morgan fingerprint density at radius 3 is 2.09 bits per heavy atom. The molecule has 4 heteroatoms. The second-order valence-electron chi connectivity index (χ2n) is 10.9. The standard InChI is InChI=1S/C19H18N.C11H20O2.Ir/c1-12-8-9-16-14(3)11-19(20-18(16)10-12)17-7-5-6-13(2)15(17)4;1-10(2,3)8(12)7-9(13)11(4,5)6;/h5-6,8-11H,1-4H3;7,12H,1-6H3;/q-1;;/b;8-7-;. The molecule has 1 heterocycles. The number of aryl methyl sites for hydroxylation is 3. The van der Waals surface area contributed by atoms with E-state index in [0.29, 0.717) is 0 Å². The summed E-state index contributed by atoms with van der Waals surface area (Å²) in [4.78, 5) is 16.3. The van der Waals surface area contributed by atoms with Crippen LogP contribution < -0.4 is 0 Å². The maximum Gasteiger partial charge on any atom is 0.164 e. The normalized spacial score (nSPS) is 12.0. The van der Waals surface area contributed by atoms with E-state index >= 15 is 0 Å². The minimum atomic E-state index is -0.417. The van der Waals surface area contributed by atoms with E-state index < -0.39 is 5.41 Å². The summed E-state index contributed by atoms with van der Waals surface area (Å²) in [6, 6.07) is 16.0. The molecule has 185 valence electrons. The van der Waals surface area contributed by atoms with E-state index in [2.05, 4.69) is 64.1 Å². The molecule has 3 nitrogen and oxygen atoms in total. The van der Waals surface area contributed by atoms with Crippen molar-refractivity contribution >= 4 is 16.7 Å². The predicted molar refractivity (Wildman–Crippen MR) is 140 cm³/mol. The number of ketones is 1. The van der Waals surface area contributed by atoms with E-state index in [0.717, 1.165) is 16.8 Å². The van der Waals surface area contributed by atoms with E-state index in [1.807, 2.05) is 47.6 Å². The smallest absolute Gasteiger partial charge is 0.164 e. The van der Waals surface area contributed by atoms with Crippen LogP contribution in [0.25, 0.3) is 22.2 Å². The summed E-state index contributed by atoms with van der Waals surface area (Å²) in [6.07, 6.45) is 1.33. The number of rotatable bonds is 2. The van der Waals surface area contributed by atoms with Gasteiger partial charge in [0.25, 0.3) is 0 Å². The number of hydrogen-bond donors (Lipinski definition) is 1. The van der Waals surface area contributed by atoms with E-state index in [9.17, 15) is 9.90 Å². The Morgan fingerprint density at radius 1 is 0.912 bits per heavy atom. The number of fused-ring (bicyclic) bond motifs is 1. The van der Waals surface area contributed by atoms with Gasteiger partial charge >= 0.3 is 0 Å². The molecule has 0 spiro atoms. The first-order valence-corrected chi connectivity index (χ1v) is 11.4. The maximum atomic E-state index is 11.5. The molecule has 1 N–H and O–H groups in total. The van der Waals surface area contributed by atoms with Crippen LogP contribution in [0.5, 0.6) is 0 Å². The van der Waals surface area contributed by atoms with E-state index in [1.54, 1.807) is 0 Å². The van der Waals surface area contributed by atoms with Crippen molar-refractivity contribution < 1.29 is 30.0 Å². The molecule has 0 aliphatic carbocycles. The van der Waals surface area contributed by atoms with Gasteiger partial charge in [0.2, 0.25) is 0 Å². The van der Waals surface area contributed by atoms with Crippen LogP contribution in [0.2, 0.25) is 0 Å². The number of carbonyl (C=O) groups is 1. The summed E-state index contributed by atoms with van der Waals surface area (Å²) in [5.41, 5.74) is 7.47. The van der Waals surface area contributed by atoms with E-state index in [4.69, 9.17) is 4.98 Å². The fourth-order valence-corrected chi connectivity index (χ4v) is 3.14. The molecular formula is C30H38IrNO2-. The number of pyridine rings is 1. The largest absolute Gasteiger partial charge is 0.512 e. The van der Waals surface area contributed by atoms with Crippen molar-refractivity contribution in [2.75, 3.05) is 0 Å². The van der Waals surface area contributed by atoms with Crippen LogP contribution in [0.3, 0.4) is 0 Å². The van der Waals surface area contributed by atoms with Gasteiger partial charge in [0, 0.05) is 42.4 Å². The molecule has 0 aliphatic rings. The number of carbonyl (C=O) groups excluding carboxylic acids is 1. The topological polar surface area (TPSA) is 50.2 Å². The van der Waals surface area contributed by atoms with Crippen LogP contribution in [-0.2, 0) is 24.9 Å². The summed E-state index contributed by atoms with van der Waals surface area (Å²) in [5.74, 6) is 0.104. The van der Waals surface area contributed by atoms with Gasteiger partial charge in [-0.3, -0.25) is 9.78 Å². The predicted octanol–water partition coefficient (Wildman–Crippen LogP) is 8.02. The minimum absolute atomic E-state index is 0. The summed E-state index contributed by atoms with van der Waals surface area (Å²) in [7, 11) is 0. The van der Waals surface area contributed by atoms with Crippen molar-refractivity contribution in [2.24, 2.45) is 10.8 Å². The van der Waals surface area contributed by atoms with Crippen molar-refractivity contribution in [1.82, 2.24) is 4.98 Å². The van der Waals surface area contributed by atoms with Crippen molar-refractivity contribution in [1.29, 1.82) is 0 Å². The monoisotopic (exact) mass is 637 g/mol. The Kier molecular flexibility index (Phi) is 9.99. The SMILES string of the molecule is CC(C)(C)C(=O)/C=C(\O)C(C)(C)C.Cc1ccc2c(C)cc(-c3[c-]ccc(C)c3C)nc2c1.[Ir]. The van der Waals surface area contributed by atoms with Gasteiger partial charge in [-0.05, 0) is 36.7 Å². The number of benzene rings is 2. The molecule has 0 saturated heterocycles. The second kappa shape index (κ2) is 11.4. The average Bonchev–Trinajstić information content (AvgIpc) is 2.68. The molecule has 0 bridgehead atoms. The maximum absolute atomic E-state index is 11.5. The Morgan fingerprint density at radius 2 is 1.53 bits per heavy atom. The average molecular weight is 637 g/mol. The van der Waals surface area contributed by atoms with Gasteiger partial charge in [-0.25, -0.2) is 0 Å². The van der Waals surface area contributed by atoms with Gasteiger partial charge < -0.3 is 5.11 Å². The molecule has 2 aromatic carbocycles. The molecule has 1 aromatic heterocycles. The third-order valence-electron chi connectivity index (χ3n) is 5.73. The van der Waals surface area contributed by atoms with Crippen molar-refractivity contribution in [2.45, 2.75) is 69.2 Å². The van der Waals surface area contributed by atoms with Gasteiger partial charge in [-0.1, -0.05) is 73.6 Å². The summed E-state index contributed by atoms with van der Waals surface area (Å²) in [5, 5.41) is 10.8. The second-order valence-corrected chi connectivity index (χ2v) is 10.9. The minimum Gasteiger partial charge on any atom is -0.512 e. The molecule has 1 radical (unpaired) electrons. The molecule has 0 amide bonds. The molecular weight excluding hydrogens is 599 g/mol. The Hall–Kier alpha value is -2.29. The number of aliphatic hydroxyl groups excluding tert-OH is 1. The van der Waals surface area contributed by atoms with Gasteiger partial charge in [0.05, 0.1) is 5.52 Å². The Labute approximate surface area is 219 Å². The van der Waals surface area contributed by atoms with E-state index in [1.165, 1.54) is 33.7 Å².